The molecule has 15 heavy (non-hydrogen) atoms. The summed E-state index contributed by atoms with van der Waals surface area (Å²) in [5.41, 5.74) is -0.524. The van der Waals surface area contributed by atoms with E-state index in [9.17, 15) is 9.59 Å². The van der Waals surface area contributed by atoms with Crippen LogP contribution in [0, 0.1) is 5.41 Å². The molecule has 1 aliphatic heterocycles. The quantitative estimate of drug-likeness (QED) is 0.685. The first-order chi connectivity index (χ1) is 7.10. The van der Waals surface area contributed by atoms with Crippen LogP contribution >= 0.6 is 11.8 Å². The number of thioether (sulfide) groups is 1. The molecule has 86 valence electrons. The summed E-state index contributed by atoms with van der Waals surface area (Å²) in [6.07, 6.45) is 1.28. The summed E-state index contributed by atoms with van der Waals surface area (Å²) in [4.78, 5) is 22.6. The van der Waals surface area contributed by atoms with Crippen molar-refractivity contribution in [1.82, 2.24) is 0 Å². The van der Waals surface area contributed by atoms with E-state index in [-0.39, 0.29) is 11.1 Å². The molecule has 0 aliphatic carbocycles. The summed E-state index contributed by atoms with van der Waals surface area (Å²) in [7, 11) is 1.39. The molecule has 1 saturated heterocycles. The smallest absolute Gasteiger partial charge is 0.312 e. The van der Waals surface area contributed by atoms with Crippen LogP contribution in [0.3, 0.4) is 0 Å². The predicted molar refractivity (Wildman–Crippen MR) is 57.6 cm³/mol. The molecule has 0 radical (unpaired) electrons. The highest BCUT2D eigenvalue weighted by Crippen LogP contribution is 2.35. The van der Waals surface area contributed by atoms with Crippen LogP contribution in [0.5, 0.6) is 0 Å². The maximum absolute atomic E-state index is 11.7. The summed E-state index contributed by atoms with van der Waals surface area (Å²) >= 11 is 1.19. The van der Waals surface area contributed by atoms with Gasteiger partial charge in [-0.1, -0.05) is 11.8 Å². The Morgan fingerprint density at radius 3 is 2.47 bits per heavy atom. The van der Waals surface area contributed by atoms with Crippen molar-refractivity contribution in [3.8, 4) is 0 Å². The molecule has 0 bridgehead atoms. The van der Waals surface area contributed by atoms with E-state index in [4.69, 9.17) is 9.47 Å². The Hall–Kier alpha value is -0.550. The van der Waals surface area contributed by atoms with Gasteiger partial charge in [-0.2, -0.15) is 0 Å². The van der Waals surface area contributed by atoms with Crippen molar-refractivity contribution in [2.75, 3.05) is 26.1 Å². The number of hydrogen-bond acceptors (Lipinski definition) is 5. The van der Waals surface area contributed by atoms with Gasteiger partial charge in [-0.05, 0) is 12.8 Å². The van der Waals surface area contributed by atoms with Crippen molar-refractivity contribution >= 4 is 22.8 Å². The fourth-order valence-corrected chi connectivity index (χ4v) is 2.51. The lowest BCUT2D eigenvalue weighted by Crippen LogP contribution is -2.40. The normalized spacial score (nSPS) is 19.6. The van der Waals surface area contributed by atoms with Gasteiger partial charge < -0.3 is 9.47 Å². The van der Waals surface area contributed by atoms with Crippen LogP contribution in [-0.4, -0.2) is 37.2 Å². The van der Waals surface area contributed by atoms with Gasteiger partial charge >= 0.3 is 5.97 Å². The van der Waals surface area contributed by atoms with Crippen molar-refractivity contribution in [2.24, 2.45) is 5.41 Å². The fraction of sp³-hybridized carbons (Fsp3) is 0.800. The van der Waals surface area contributed by atoms with Gasteiger partial charge in [-0.3, -0.25) is 9.59 Å². The second-order valence-corrected chi connectivity index (χ2v) is 4.82. The van der Waals surface area contributed by atoms with Gasteiger partial charge in [-0.25, -0.2) is 0 Å². The van der Waals surface area contributed by atoms with Crippen molar-refractivity contribution < 1.29 is 19.1 Å². The Labute approximate surface area is 93.7 Å². The first-order valence-corrected chi connectivity index (χ1v) is 5.89. The molecular formula is C10H16O4S. The molecule has 0 N–H and O–H groups in total. The van der Waals surface area contributed by atoms with Crippen molar-refractivity contribution in [3.63, 3.8) is 0 Å². The fourth-order valence-electron chi connectivity index (χ4n) is 1.63. The molecule has 0 aromatic heterocycles. The van der Waals surface area contributed by atoms with Gasteiger partial charge in [0.25, 0.3) is 0 Å². The molecule has 0 spiro atoms. The van der Waals surface area contributed by atoms with Crippen LogP contribution in [0.1, 0.15) is 19.8 Å². The summed E-state index contributed by atoms with van der Waals surface area (Å²) < 4.78 is 10.0. The minimum Gasteiger partial charge on any atom is -0.469 e. The van der Waals surface area contributed by atoms with Crippen LogP contribution in [0.15, 0.2) is 0 Å². The first-order valence-electron chi connectivity index (χ1n) is 4.90. The predicted octanol–water partition coefficient (Wildman–Crippen LogP) is 1.24. The van der Waals surface area contributed by atoms with E-state index in [1.165, 1.54) is 25.8 Å². The minimum atomic E-state index is -0.524. The van der Waals surface area contributed by atoms with E-state index in [1.54, 1.807) is 0 Å². The lowest BCUT2D eigenvalue weighted by Gasteiger charge is -2.33. The van der Waals surface area contributed by atoms with E-state index < -0.39 is 5.41 Å². The third-order valence-corrected chi connectivity index (χ3v) is 3.72. The molecular weight excluding hydrogens is 216 g/mol. The molecule has 0 atom stereocenters. The van der Waals surface area contributed by atoms with Crippen molar-refractivity contribution in [1.29, 1.82) is 0 Å². The zero-order chi connectivity index (χ0) is 11.3. The van der Waals surface area contributed by atoms with Gasteiger partial charge in [0.15, 0.2) is 5.12 Å². The molecule has 1 fully saturated rings. The standard InChI is InChI=1S/C10H16O4S/c1-8(11)15-7-10(9(12)13-2)3-5-14-6-4-10/h3-7H2,1-2H3. The highest BCUT2D eigenvalue weighted by molar-refractivity contribution is 8.13. The molecule has 5 heteroatoms. The van der Waals surface area contributed by atoms with E-state index in [0.717, 1.165) is 0 Å². The molecule has 1 rings (SSSR count). The first kappa shape index (κ1) is 12.5. The molecule has 1 aliphatic rings. The van der Waals surface area contributed by atoms with Crippen molar-refractivity contribution in [3.05, 3.63) is 0 Å². The largest absolute Gasteiger partial charge is 0.469 e. The molecule has 4 nitrogen and oxygen atoms in total. The maximum atomic E-state index is 11.7. The molecule has 0 aromatic carbocycles. The van der Waals surface area contributed by atoms with E-state index in [0.29, 0.717) is 31.8 Å². The summed E-state index contributed by atoms with van der Waals surface area (Å²) in [5, 5.41) is 0.0322. The van der Waals surface area contributed by atoms with Crippen LogP contribution in [0.25, 0.3) is 0 Å². The number of rotatable bonds is 3. The zero-order valence-electron chi connectivity index (χ0n) is 9.08. The topological polar surface area (TPSA) is 52.6 Å². The lowest BCUT2D eigenvalue weighted by molar-refractivity contribution is -0.156. The van der Waals surface area contributed by atoms with Crippen LogP contribution in [0.4, 0.5) is 0 Å². The minimum absolute atomic E-state index is 0.0322. The van der Waals surface area contributed by atoms with Gasteiger partial charge in [0, 0.05) is 25.9 Å². The van der Waals surface area contributed by atoms with E-state index in [2.05, 4.69) is 0 Å². The number of carbonyl (C=O) groups is 2. The molecule has 0 unspecified atom stereocenters. The number of ether oxygens (including phenoxy) is 2. The lowest BCUT2D eigenvalue weighted by atomic mass is 9.82. The number of hydrogen-bond donors (Lipinski definition) is 0. The molecule has 1 heterocycles. The average Bonchev–Trinajstić information content (AvgIpc) is 2.26. The Morgan fingerprint density at radius 1 is 1.40 bits per heavy atom. The Bertz CT molecular complexity index is 246. The maximum Gasteiger partial charge on any atom is 0.312 e. The SMILES string of the molecule is COC(=O)C1(CSC(C)=O)CCOCC1. The Morgan fingerprint density at radius 2 is 2.00 bits per heavy atom. The summed E-state index contributed by atoms with van der Waals surface area (Å²) in [5.74, 6) is 0.276. The monoisotopic (exact) mass is 232 g/mol. The van der Waals surface area contributed by atoms with Crippen molar-refractivity contribution in [2.45, 2.75) is 19.8 Å². The molecule has 0 amide bonds. The number of methoxy groups -OCH3 is 1. The highest BCUT2D eigenvalue weighted by Gasteiger charge is 2.41. The van der Waals surface area contributed by atoms with Gasteiger partial charge in [-0.15, -0.1) is 0 Å². The number of carbonyl (C=O) groups excluding carboxylic acids is 2. The summed E-state index contributed by atoms with van der Waals surface area (Å²) in [6.45, 7) is 2.64. The second kappa shape index (κ2) is 5.51. The van der Waals surface area contributed by atoms with E-state index >= 15 is 0 Å². The van der Waals surface area contributed by atoms with Crippen LogP contribution < -0.4 is 0 Å². The van der Waals surface area contributed by atoms with Crippen LogP contribution in [-0.2, 0) is 19.1 Å². The molecule has 0 saturated carbocycles. The third kappa shape index (κ3) is 3.21. The van der Waals surface area contributed by atoms with Crippen LogP contribution in [0.2, 0.25) is 0 Å². The Kier molecular flexibility index (Phi) is 4.60. The number of esters is 1. The van der Waals surface area contributed by atoms with Gasteiger partial charge in [0.2, 0.25) is 0 Å². The Balaban J connectivity index is 2.66. The third-order valence-electron chi connectivity index (χ3n) is 2.62. The van der Waals surface area contributed by atoms with Gasteiger partial charge in [0.1, 0.15) is 0 Å². The molecule has 0 aromatic rings. The second-order valence-electron chi connectivity index (χ2n) is 3.66. The van der Waals surface area contributed by atoms with Gasteiger partial charge in [0.05, 0.1) is 12.5 Å². The summed E-state index contributed by atoms with van der Waals surface area (Å²) in [6, 6.07) is 0. The highest BCUT2D eigenvalue weighted by atomic mass is 32.2. The zero-order valence-corrected chi connectivity index (χ0v) is 9.89. The van der Waals surface area contributed by atoms with E-state index in [1.807, 2.05) is 0 Å². The average molecular weight is 232 g/mol.